The molecule has 0 spiro atoms. The highest BCUT2D eigenvalue weighted by Gasteiger charge is 2.31. The Labute approximate surface area is 177 Å². The number of hydrogen-bond acceptors (Lipinski definition) is 6. The van der Waals surface area contributed by atoms with E-state index in [9.17, 15) is 19.1 Å². The van der Waals surface area contributed by atoms with Gasteiger partial charge in [0.05, 0.1) is 5.56 Å². The number of phenols is 1. The van der Waals surface area contributed by atoms with Crippen LogP contribution in [0.15, 0.2) is 42.6 Å². The van der Waals surface area contributed by atoms with E-state index < -0.39 is 12.0 Å². The Hall–Kier alpha value is -3.72. The normalized spacial score (nSPS) is 13.7. The minimum atomic E-state index is -0.585. The van der Waals surface area contributed by atoms with Crippen molar-refractivity contribution in [2.75, 3.05) is 13.1 Å². The fraction of sp³-hybridized carbons (Fsp3) is 0.227. The van der Waals surface area contributed by atoms with Crippen LogP contribution in [0, 0.1) is 12.7 Å². The molecule has 0 bridgehead atoms. The number of rotatable bonds is 4. The predicted molar refractivity (Wildman–Crippen MR) is 111 cm³/mol. The van der Waals surface area contributed by atoms with E-state index >= 15 is 0 Å². The van der Waals surface area contributed by atoms with Crippen molar-refractivity contribution in [3.05, 3.63) is 65.1 Å². The molecule has 1 fully saturated rings. The molecule has 1 aliphatic heterocycles. The molecule has 3 aromatic rings. The molecule has 2 aromatic carbocycles. The Morgan fingerprint density at radius 2 is 2.00 bits per heavy atom. The van der Waals surface area contributed by atoms with E-state index in [4.69, 9.17) is 10.5 Å². The van der Waals surface area contributed by atoms with Gasteiger partial charge >= 0.3 is 6.09 Å². The largest absolute Gasteiger partial charge is 0.505 e. The van der Waals surface area contributed by atoms with E-state index in [1.807, 2.05) is 0 Å². The fourth-order valence-corrected chi connectivity index (χ4v) is 3.48. The minimum absolute atomic E-state index is 0.0450. The smallest absolute Gasteiger partial charge is 0.415 e. The first-order valence-corrected chi connectivity index (χ1v) is 9.70. The summed E-state index contributed by atoms with van der Waals surface area (Å²) in [4.78, 5) is 31.0. The molecule has 1 aromatic heterocycles. The lowest BCUT2D eigenvalue weighted by Crippen LogP contribution is -2.58. The topological polar surface area (TPSA) is 118 Å². The van der Waals surface area contributed by atoms with Crippen LogP contribution >= 0.6 is 0 Å². The number of halogens is 1. The van der Waals surface area contributed by atoms with Crippen molar-refractivity contribution >= 4 is 22.9 Å². The molecule has 8 nitrogen and oxygen atoms in total. The van der Waals surface area contributed by atoms with Crippen LogP contribution in [0.5, 0.6) is 11.5 Å². The van der Waals surface area contributed by atoms with Crippen LogP contribution in [0.3, 0.4) is 0 Å². The standard InChI is InChI=1S/C22H21FN4O4/c1-12-17(21(29)26-9-13-4-6-14(23)7-5-13)19(28)18-16(3-2-8-25-18)20(12)31-22(30)27-10-15(24)11-27/h2-8,15,28H,9-11,24H2,1H3,(H,26,29). The number of likely N-dealkylation sites (tertiary alicyclic amines) is 1. The molecule has 4 rings (SSSR count). The third-order valence-electron chi connectivity index (χ3n) is 5.18. The maximum Gasteiger partial charge on any atom is 0.415 e. The molecule has 0 radical (unpaired) electrons. The molecular formula is C22H21FN4O4. The molecule has 4 N–H and O–H groups in total. The van der Waals surface area contributed by atoms with Crippen molar-refractivity contribution in [1.29, 1.82) is 0 Å². The number of nitrogens with two attached hydrogens (primary N) is 1. The van der Waals surface area contributed by atoms with E-state index in [2.05, 4.69) is 10.3 Å². The molecule has 0 saturated carbocycles. The Balaban J connectivity index is 1.66. The summed E-state index contributed by atoms with van der Waals surface area (Å²) in [5.41, 5.74) is 6.81. The summed E-state index contributed by atoms with van der Waals surface area (Å²) in [6, 6.07) is 8.91. The van der Waals surface area contributed by atoms with Gasteiger partial charge in [-0.3, -0.25) is 9.78 Å². The first-order chi connectivity index (χ1) is 14.8. The molecule has 31 heavy (non-hydrogen) atoms. The van der Waals surface area contributed by atoms with E-state index in [0.29, 0.717) is 29.6 Å². The molecule has 9 heteroatoms. The molecule has 1 aliphatic rings. The first-order valence-electron chi connectivity index (χ1n) is 9.70. The number of aromatic hydroxyl groups is 1. The molecule has 1 saturated heterocycles. The summed E-state index contributed by atoms with van der Waals surface area (Å²) >= 11 is 0. The van der Waals surface area contributed by atoms with Gasteiger partial charge < -0.3 is 25.8 Å². The Bertz CT molecular complexity index is 1160. The number of hydrogen-bond donors (Lipinski definition) is 3. The number of nitrogens with one attached hydrogen (secondary N) is 1. The highest BCUT2D eigenvalue weighted by molar-refractivity contribution is 6.07. The van der Waals surface area contributed by atoms with Gasteiger partial charge in [0.2, 0.25) is 0 Å². The molecule has 0 unspecified atom stereocenters. The highest BCUT2D eigenvalue weighted by atomic mass is 19.1. The number of fused-ring (bicyclic) bond motifs is 1. The average molecular weight is 424 g/mol. The number of phenolic OH excluding ortho intramolecular Hbond substituents is 1. The lowest BCUT2D eigenvalue weighted by atomic mass is 10.0. The van der Waals surface area contributed by atoms with Crippen molar-refractivity contribution in [2.45, 2.75) is 19.5 Å². The van der Waals surface area contributed by atoms with Crippen LogP contribution in [0.1, 0.15) is 21.5 Å². The molecular weight excluding hydrogens is 403 g/mol. The van der Waals surface area contributed by atoms with Crippen molar-refractivity contribution in [1.82, 2.24) is 15.2 Å². The molecule has 2 heterocycles. The number of aromatic nitrogens is 1. The van der Waals surface area contributed by atoms with Crippen molar-refractivity contribution in [3.8, 4) is 11.5 Å². The van der Waals surface area contributed by atoms with Crippen LogP contribution in [0.4, 0.5) is 9.18 Å². The summed E-state index contributed by atoms with van der Waals surface area (Å²) in [5.74, 6) is -1.11. The highest BCUT2D eigenvalue weighted by Crippen LogP contribution is 2.39. The van der Waals surface area contributed by atoms with Crippen LogP contribution < -0.4 is 15.8 Å². The van der Waals surface area contributed by atoms with Crippen LogP contribution in [0.2, 0.25) is 0 Å². The van der Waals surface area contributed by atoms with Gasteiger partial charge in [0.15, 0.2) is 5.75 Å². The third-order valence-corrected chi connectivity index (χ3v) is 5.18. The van der Waals surface area contributed by atoms with Gasteiger partial charge in [0.1, 0.15) is 17.1 Å². The van der Waals surface area contributed by atoms with Gasteiger partial charge in [0.25, 0.3) is 5.91 Å². The zero-order valence-corrected chi connectivity index (χ0v) is 16.8. The van der Waals surface area contributed by atoms with Crippen molar-refractivity contribution in [3.63, 3.8) is 0 Å². The summed E-state index contributed by atoms with van der Waals surface area (Å²) < 4.78 is 18.7. The van der Waals surface area contributed by atoms with Gasteiger partial charge in [-0.15, -0.1) is 0 Å². The van der Waals surface area contributed by atoms with E-state index in [1.165, 1.54) is 23.2 Å². The van der Waals surface area contributed by atoms with Gasteiger partial charge in [0, 0.05) is 42.8 Å². The number of amides is 2. The lowest BCUT2D eigenvalue weighted by molar-refractivity contribution is 0.0945. The molecule has 0 aliphatic carbocycles. The number of nitrogens with zero attached hydrogens (tertiary/aromatic N) is 2. The van der Waals surface area contributed by atoms with E-state index in [0.717, 1.165) is 0 Å². The second-order valence-corrected chi connectivity index (χ2v) is 7.42. The second-order valence-electron chi connectivity index (χ2n) is 7.42. The summed E-state index contributed by atoms with van der Waals surface area (Å²) in [5, 5.41) is 13.9. The first kappa shape index (κ1) is 20.5. The molecule has 2 amide bonds. The van der Waals surface area contributed by atoms with Gasteiger partial charge in [-0.2, -0.15) is 0 Å². The SMILES string of the molecule is Cc1c(C(=O)NCc2ccc(F)cc2)c(O)c2ncccc2c1OC(=O)N1CC(N)C1. The zero-order chi connectivity index (χ0) is 22.1. The number of pyridine rings is 1. The number of benzene rings is 2. The van der Waals surface area contributed by atoms with Gasteiger partial charge in [-0.1, -0.05) is 12.1 Å². The maximum atomic E-state index is 13.1. The van der Waals surface area contributed by atoms with Crippen LogP contribution in [0.25, 0.3) is 10.9 Å². The minimum Gasteiger partial charge on any atom is -0.505 e. The fourth-order valence-electron chi connectivity index (χ4n) is 3.48. The molecule has 0 atom stereocenters. The van der Waals surface area contributed by atoms with Crippen molar-refractivity contribution < 1.29 is 23.8 Å². The lowest BCUT2D eigenvalue weighted by Gasteiger charge is -2.35. The Morgan fingerprint density at radius 1 is 1.29 bits per heavy atom. The predicted octanol–water partition coefficient (Wildman–Crippen LogP) is 2.46. The van der Waals surface area contributed by atoms with Gasteiger partial charge in [-0.05, 0) is 36.8 Å². The monoisotopic (exact) mass is 424 g/mol. The van der Waals surface area contributed by atoms with E-state index in [1.54, 1.807) is 31.2 Å². The number of carbonyl (C=O) groups is 2. The average Bonchev–Trinajstić information content (AvgIpc) is 2.74. The Morgan fingerprint density at radius 3 is 2.68 bits per heavy atom. The third kappa shape index (κ3) is 3.99. The second kappa shape index (κ2) is 8.19. The summed E-state index contributed by atoms with van der Waals surface area (Å²) in [6.07, 6.45) is 0.885. The van der Waals surface area contributed by atoms with E-state index in [-0.39, 0.29) is 41.0 Å². The summed E-state index contributed by atoms with van der Waals surface area (Å²) in [7, 11) is 0. The maximum absolute atomic E-state index is 13.1. The zero-order valence-electron chi connectivity index (χ0n) is 16.8. The number of ether oxygens (including phenoxy) is 1. The van der Waals surface area contributed by atoms with Crippen LogP contribution in [-0.2, 0) is 6.54 Å². The Kier molecular flexibility index (Phi) is 5.43. The quantitative estimate of drug-likeness (QED) is 0.592. The summed E-state index contributed by atoms with van der Waals surface area (Å²) in [6.45, 7) is 2.48. The van der Waals surface area contributed by atoms with Gasteiger partial charge in [-0.25, -0.2) is 9.18 Å². The number of carbonyl (C=O) groups excluding carboxylic acids is 2. The van der Waals surface area contributed by atoms with Crippen LogP contribution in [-0.4, -0.2) is 46.1 Å². The van der Waals surface area contributed by atoms with Crippen molar-refractivity contribution in [2.24, 2.45) is 5.73 Å². The molecule has 160 valence electrons.